The Morgan fingerprint density at radius 2 is 2.26 bits per heavy atom. The molecule has 2 heterocycles. The number of rotatable bonds is 4. The van der Waals surface area contributed by atoms with E-state index in [1.54, 1.807) is 9.58 Å². The van der Waals surface area contributed by atoms with Crippen molar-refractivity contribution in [2.75, 3.05) is 19.7 Å². The van der Waals surface area contributed by atoms with Crippen LogP contribution in [0.25, 0.3) is 0 Å². The number of carbonyl (C=O) groups excluding carboxylic acids is 1. The normalized spacial score (nSPS) is 16.6. The fourth-order valence-electron chi connectivity index (χ4n) is 2.31. The van der Waals surface area contributed by atoms with Crippen LogP contribution in [0, 0.1) is 0 Å². The number of hydrogen-bond acceptors (Lipinski definition) is 4. The largest absolute Gasteiger partial charge is 0.450 e. The van der Waals surface area contributed by atoms with Gasteiger partial charge < -0.3 is 15.0 Å². The van der Waals surface area contributed by atoms with E-state index in [-0.39, 0.29) is 6.09 Å². The Morgan fingerprint density at radius 1 is 1.53 bits per heavy atom. The Hall–Kier alpha value is -1.56. The van der Waals surface area contributed by atoms with Crippen LogP contribution >= 0.6 is 0 Å². The third-order valence-corrected chi connectivity index (χ3v) is 3.37. The third kappa shape index (κ3) is 3.96. The number of ether oxygens (including phenoxy) is 1. The van der Waals surface area contributed by atoms with Gasteiger partial charge in [-0.1, -0.05) is 0 Å². The van der Waals surface area contributed by atoms with Crippen molar-refractivity contribution in [3.8, 4) is 0 Å². The molecule has 0 unspecified atom stereocenters. The van der Waals surface area contributed by atoms with Gasteiger partial charge in [-0.2, -0.15) is 5.10 Å². The summed E-state index contributed by atoms with van der Waals surface area (Å²) in [7, 11) is 1.92. The van der Waals surface area contributed by atoms with E-state index in [0.29, 0.717) is 12.6 Å². The van der Waals surface area contributed by atoms with Crippen molar-refractivity contribution in [3.05, 3.63) is 18.0 Å². The third-order valence-electron chi connectivity index (χ3n) is 3.37. The average Bonchev–Trinajstić information content (AvgIpc) is 2.83. The van der Waals surface area contributed by atoms with Gasteiger partial charge in [0.1, 0.15) is 0 Å². The van der Waals surface area contributed by atoms with Crippen LogP contribution in [0.4, 0.5) is 4.79 Å². The molecule has 0 aliphatic carbocycles. The quantitative estimate of drug-likeness (QED) is 0.887. The van der Waals surface area contributed by atoms with Gasteiger partial charge in [0.15, 0.2) is 0 Å². The van der Waals surface area contributed by atoms with Crippen LogP contribution in [0.2, 0.25) is 0 Å². The summed E-state index contributed by atoms with van der Waals surface area (Å²) in [5.41, 5.74) is 1.19. The molecule has 0 saturated carbocycles. The van der Waals surface area contributed by atoms with Crippen molar-refractivity contribution in [1.29, 1.82) is 0 Å². The zero-order valence-corrected chi connectivity index (χ0v) is 11.6. The summed E-state index contributed by atoms with van der Waals surface area (Å²) >= 11 is 0. The predicted molar refractivity (Wildman–Crippen MR) is 71.7 cm³/mol. The molecule has 6 nitrogen and oxygen atoms in total. The molecule has 6 heteroatoms. The molecule has 1 aromatic heterocycles. The van der Waals surface area contributed by atoms with Gasteiger partial charge in [0, 0.05) is 44.5 Å². The summed E-state index contributed by atoms with van der Waals surface area (Å²) in [6.07, 6.45) is 5.65. The molecular formula is C13H22N4O2. The lowest BCUT2D eigenvalue weighted by Gasteiger charge is -2.31. The number of nitrogens with zero attached hydrogens (tertiary/aromatic N) is 3. The number of likely N-dealkylation sites (tertiary alicyclic amines) is 1. The minimum Gasteiger partial charge on any atom is -0.450 e. The van der Waals surface area contributed by atoms with Gasteiger partial charge in [-0.3, -0.25) is 4.68 Å². The number of nitrogens with one attached hydrogen (secondary N) is 1. The highest BCUT2D eigenvalue weighted by Gasteiger charge is 2.23. The van der Waals surface area contributed by atoms with E-state index in [4.69, 9.17) is 4.74 Å². The van der Waals surface area contributed by atoms with Gasteiger partial charge in [-0.15, -0.1) is 0 Å². The Morgan fingerprint density at radius 3 is 2.84 bits per heavy atom. The lowest BCUT2D eigenvalue weighted by Crippen LogP contribution is -2.44. The van der Waals surface area contributed by atoms with Crippen LogP contribution in [0.5, 0.6) is 0 Å². The SMILES string of the molecule is CCOC(=O)N1CCC(NCc2cnn(C)c2)CC1. The Kier molecular flexibility index (Phi) is 4.79. The van der Waals surface area contributed by atoms with E-state index >= 15 is 0 Å². The predicted octanol–water partition coefficient (Wildman–Crippen LogP) is 1.13. The van der Waals surface area contributed by atoms with Gasteiger partial charge in [-0.05, 0) is 19.8 Å². The molecular weight excluding hydrogens is 244 g/mol. The Labute approximate surface area is 113 Å². The van der Waals surface area contributed by atoms with Gasteiger partial charge in [0.05, 0.1) is 12.8 Å². The number of amides is 1. The van der Waals surface area contributed by atoms with Crippen LogP contribution in [0.3, 0.4) is 0 Å². The second-order valence-electron chi connectivity index (χ2n) is 4.86. The highest BCUT2D eigenvalue weighted by molar-refractivity contribution is 5.67. The molecule has 1 fully saturated rings. The zero-order chi connectivity index (χ0) is 13.7. The van der Waals surface area contributed by atoms with E-state index in [1.807, 2.05) is 26.4 Å². The van der Waals surface area contributed by atoms with Crippen LogP contribution in [0.1, 0.15) is 25.3 Å². The molecule has 1 saturated heterocycles. The average molecular weight is 266 g/mol. The molecule has 1 aliphatic rings. The van der Waals surface area contributed by atoms with Crippen molar-refractivity contribution >= 4 is 6.09 Å². The first-order valence-corrected chi connectivity index (χ1v) is 6.81. The molecule has 19 heavy (non-hydrogen) atoms. The topological polar surface area (TPSA) is 59.4 Å². The maximum atomic E-state index is 11.6. The van der Waals surface area contributed by atoms with Gasteiger partial charge in [-0.25, -0.2) is 4.79 Å². The number of aryl methyl sites for hydroxylation is 1. The standard InChI is InChI=1S/C13H22N4O2/c1-3-19-13(18)17-6-4-12(5-7-17)14-8-11-9-15-16(2)10-11/h9-10,12,14H,3-8H2,1-2H3. The van der Waals surface area contributed by atoms with Crippen molar-refractivity contribution in [2.45, 2.75) is 32.4 Å². The van der Waals surface area contributed by atoms with E-state index in [2.05, 4.69) is 10.4 Å². The van der Waals surface area contributed by atoms with E-state index in [0.717, 1.165) is 32.5 Å². The van der Waals surface area contributed by atoms with E-state index in [1.165, 1.54) is 5.56 Å². The van der Waals surface area contributed by atoms with Gasteiger partial charge in [0.25, 0.3) is 0 Å². The van der Waals surface area contributed by atoms with E-state index in [9.17, 15) is 4.79 Å². The second kappa shape index (κ2) is 6.56. The summed E-state index contributed by atoms with van der Waals surface area (Å²) in [5.74, 6) is 0. The summed E-state index contributed by atoms with van der Waals surface area (Å²) < 4.78 is 6.81. The second-order valence-corrected chi connectivity index (χ2v) is 4.86. The Balaban J connectivity index is 1.70. The maximum Gasteiger partial charge on any atom is 0.409 e. The highest BCUT2D eigenvalue weighted by Crippen LogP contribution is 2.12. The number of hydrogen-bond donors (Lipinski definition) is 1. The fourth-order valence-corrected chi connectivity index (χ4v) is 2.31. The molecule has 0 spiro atoms. The van der Waals surface area contributed by atoms with Crippen LogP contribution in [0.15, 0.2) is 12.4 Å². The highest BCUT2D eigenvalue weighted by atomic mass is 16.6. The number of carbonyl (C=O) groups is 1. The molecule has 1 amide bonds. The first kappa shape index (κ1) is 13.9. The lowest BCUT2D eigenvalue weighted by atomic mass is 10.1. The minimum atomic E-state index is -0.187. The number of aromatic nitrogens is 2. The van der Waals surface area contributed by atoms with Crippen molar-refractivity contribution < 1.29 is 9.53 Å². The molecule has 0 aromatic carbocycles. The van der Waals surface area contributed by atoms with Crippen molar-refractivity contribution in [1.82, 2.24) is 20.0 Å². The number of piperidine rings is 1. The summed E-state index contributed by atoms with van der Waals surface area (Å²) in [6, 6.07) is 0.464. The van der Waals surface area contributed by atoms with Gasteiger partial charge >= 0.3 is 6.09 Å². The molecule has 2 rings (SSSR count). The molecule has 1 aromatic rings. The monoisotopic (exact) mass is 266 g/mol. The molecule has 1 aliphatic heterocycles. The summed E-state index contributed by atoms with van der Waals surface area (Å²) in [6.45, 7) is 4.64. The molecule has 1 N–H and O–H groups in total. The molecule has 0 radical (unpaired) electrons. The fraction of sp³-hybridized carbons (Fsp3) is 0.692. The maximum absolute atomic E-state index is 11.6. The van der Waals surface area contributed by atoms with E-state index < -0.39 is 0 Å². The first-order valence-electron chi connectivity index (χ1n) is 6.81. The Bertz CT molecular complexity index is 411. The molecule has 0 bridgehead atoms. The van der Waals surface area contributed by atoms with Gasteiger partial charge in [0.2, 0.25) is 0 Å². The molecule has 106 valence electrons. The zero-order valence-electron chi connectivity index (χ0n) is 11.6. The lowest BCUT2D eigenvalue weighted by molar-refractivity contribution is 0.0950. The van der Waals surface area contributed by atoms with Crippen molar-refractivity contribution in [3.63, 3.8) is 0 Å². The summed E-state index contributed by atoms with van der Waals surface area (Å²) in [5, 5.41) is 7.65. The van der Waals surface area contributed by atoms with Crippen LogP contribution in [-0.2, 0) is 18.3 Å². The first-order chi connectivity index (χ1) is 9.19. The smallest absolute Gasteiger partial charge is 0.409 e. The molecule has 0 atom stereocenters. The van der Waals surface area contributed by atoms with Crippen molar-refractivity contribution in [2.24, 2.45) is 7.05 Å². The van der Waals surface area contributed by atoms with Crippen LogP contribution < -0.4 is 5.32 Å². The summed E-state index contributed by atoms with van der Waals surface area (Å²) in [4.78, 5) is 13.3. The minimum absolute atomic E-state index is 0.187. The van der Waals surface area contributed by atoms with Crippen LogP contribution in [-0.4, -0.2) is 46.5 Å².